The number of nitrogens with zero attached hydrogens (tertiary/aromatic N) is 2. The number of aromatic nitrogens is 1. The summed E-state index contributed by atoms with van der Waals surface area (Å²) >= 11 is 0. The van der Waals surface area contributed by atoms with E-state index in [0.717, 1.165) is 24.5 Å². The first-order valence-electron chi connectivity index (χ1n) is 8.82. The number of aliphatic imine (C=N–C) groups is 1. The van der Waals surface area contributed by atoms with E-state index in [0.29, 0.717) is 25.5 Å². The topological polar surface area (TPSA) is 96.9 Å². The number of ether oxygens (including phenoxy) is 2. The molecule has 26 heavy (non-hydrogen) atoms. The van der Waals surface area contributed by atoms with Crippen LogP contribution in [0.2, 0.25) is 0 Å². The fraction of sp³-hybridized carbons (Fsp3) is 0.611. The highest BCUT2D eigenvalue weighted by atomic mass is 16.6. The van der Waals surface area contributed by atoms with E-state index < -0.39 is 11.7 Å². The first kappa shape index (κ1) is 21.5. The molecule has 0 fully saturated rings. The number of rotatable bonds is 8. The maximum atomic E-state index is 11.6. The van der Waals surface area contributed by atoms with Crippen LogP contribution in [0.5, 0.6) is 5.88 Å². The standard InChI is InChI=1S/C18H31N5O3/c1-6-19-16(23-13-14-8-11-20-15(12-14)25-5)21-9-7-10-22-17(24)26-18(2,3)4/h8,11-12H,6-7,9-10,13H2,1-5H3,(H,22,24)(H2,19,21,23). The summed E-state index contributed by atoms with van der Waals surface area (Å²) in [5.41, 5.74) is 0.531. The van der Waals surface area contributed by atoms with Gasteiger partial charge in [-0.25, -0.2) is 14.8 Å². The lowest BCUT2D eigenvalue weighted by Gasteiger charge is -2.19. The number of amides is 1. The first-order chi connectivity index (χ1) is 12.3. The van der Waals surface area contributed by atoms with Crippen molar-refractivity contribution in [2.24, 2.45) is 4.99 Å². The molecule has 1 rings (SSSR count). The molecule has 0 aromatic carbocycles. The Morgan fingerprint density at radius 1 is 1.23 bits per heavy atom. The third kappa shape index (κ3) is 9.71. The van der Waals surface area contributed by atoms with Gasteiger partial charge in [0.1, 0.15) is 5.60 Å². The predicted molar refractivity (Wildman–Crippen MR) is 102 cm³/mol. The second kappa shape index (κ2) is 11.2. The Kier molecular flexibility index (Phi) is 9.25. The third-order valence-electron chi connectivity index (χ3n) is 3.09. The molecule has 0 aliphatic carbocycles. The fourth-order valence-corrected chi connectivity index (χ4v) is 1.97. The van der Waals surface area contributed by atoms with Crippen molar-refractivity contribution >= 4 is 12.1 Å². The number of nitrogens with one attached hydrogen (secondary N) is 3. The SMILES string of the molecule is CCNC(=NCc1ccnc(OC)c1)NCCCNC(=O)OC(C)(C)C. The van der Waals surface area contributed by atoms with Crippen molar-refractivity contribution < 1.29 is 14.3 Å². The Morgan fingerprint density at radius 2 is 1.96 bits per heavy atom. The van der Waals surface area contributed by atoms with Gasteiger partial charge < -0.3 is 25.4 Å². The van der Waals surface area contributed by atoms with Crippen LogP contribution >= 0.6 is 0 Å². The van der Waals surface area contributed by atoms with E-state index in [1.807, 2.05) is 39.8 Å². The van der Waals surface area contributed by atoms with Crippen LogP contribution in [-0.4, -0.2) is 49.4 Å². The maximum Gasteiger partial charge on any atom is 0.407 e. The van der Waals surface area contributed by atoms with Crippen molar-refractivity contribution in [3.05, 3.63) is 23.9 Å². The molecule has 3 N–H and O–H groups in total. The minimum absolute atomic E-state index is 0.398. The number of carbonyl (C=O) groups is 1. The minimum atomic E-state index is -0.483. The molecule has 0 unspecified atom stereocenters. The van der Waals surface area contributed by atoms with Gasteiger partial charge in [0.05, 0.1) is 13.7 Å². The number of carbonyl (C=O) groups excluding carboxylic acids is 1. The van der Waals surface area contributed by atoms with Gasteiger partial charge >= 0.3 is 6.09 Å². The maximum absolute atomic E-state index is 11.6. The first-order valence-corrected chi connectivity index (χ1v) is 8.82. The van der Waals surface area contributed by atoms with Crippen molar-refractivity contribution in [2.75, 3.05) is 26.7 Å². The quantitative estimate of drug-likeness (QED) is 0.371. The molecule has 146 valence electrons. The monoisotopic (exact) mass is 365 g/mol. The van der Waals surface area contributed by atoms with Crippen molar-refractivity contribution in [2.45, 2.75) is 46.3 Å². The molecular formula is C18H31N5O3. The highest BCUT2D eigenvalue weighted by molar-refractivity contribution is 5.79. The molecule has 0 aliphatic heterocycles. The third-order valence-corrected chi connectivity index (χ3v) is 3.09. The largest absolute Gasteiger partial charge is 0.481 e. The predicted octanol–water partition coefficient (Wildman–Crippen LogP) is 2.06. The molecule has 0 bridgehead atoms. The number of methoxy groups -OCH3 is 1. The molecule has 1 aromatic heterocycles. The number of pyridine rings is 1. The average Bonchev–Trinajstić information content (AvgIpc) is 2.58. The second-order valence-corrected chi connectivity index (χ2v) is 6.61. The van der Waals surface area contributed by atoms with E-state index in [-0.39, 0.29) is 0 Å². The molecule has 8 nitrogen and oxygen atoms in total. The summed E-state index contributed by atoms with van der Waals surface area (Å²) in [6.07, 6.45) is 2.06. The summed E-state index contributed by atoms with van der Waals surface area (Å²) in [5, 5.41) is 9.17. The lowest BCUT2D eigenvalue weighted by molar-refractivity contribution is 0.0527. The van der Waals surface area contributed by atoms with Gasteiger partial charge in [-0.2, -0.15) is 0 Å². The van der Waals surface area contributed by atoms with E-state index >= 15 is 0 Å². The van der Waals surface area contributed by atoms with Crippen LogP contribution in [0.3, 0.4) is 0 Å². The van der Waals surface area contributed by atoms with Crippen LogP contribution in [0.25, 0.3) is 0 Å². The minimum Gasteiger partial charge on any atom is -0.481 e. The zero-order valence-corrected chi connectivity index (χ0v) is 16.4. The average molecular weight is 365 g/mol. The van der Waals surface area contributed by atoms with Gasteiger partial charge in [0.15, 0.2) is 5.96 Å². The van der Waals surface area contributed by atoms with Crippen molar-refractivity contribution in [1.82, 2.24) is 20.9 Å². The Morgan fingerprint density at radius 3 is 2.62 bits per heavy atom. The Hall–Kier alpha value is -2.51. The molecule has 0 aliphatic rings. The van der Waals surface area contributed by atoms with Gasteiger partial charge in [-0.1, -0.05) is 0 Å². The van der Waals surface area contributed by atoms with E-state index in [2.05, 4.69) is 25.9 Å². The van der Waals surface area contributed by atoms with Crippen LogP contribution in [0.4, 0.5) is 4.79 Å². The lowest BCUT2D eigenvalue weighted by Crippen LogP contribution is -2.39. The van der Waals surface area contributed by atoms with E-state index in [9.17, 15) is 4.79 Å². The highest BCUT2D eigenvalue weighted by Crippen LogP contribution is 2.09. The van der Waals surface area contributed by atoms with Gasteiger partial charge in [0.25, 0.3) is 0 Å². The number of hydrogen-bond donors (Lipinski definition) is 3. The zero-order chi connectivity index (χ0) is 19.4. The number of guanidine groups is 1. The Bertz CT molecular complexity index is 584. The van der Waals surface area contributed by atoms with E-state index in [4.69, 9.17) is 9.47 Å². The molecule has 0 spiro atoms. The molecule has 0 saturated carbocycles. The number of hydrogen-bond acceptors (Lipinski definition) is 5. The van der Waals surface area contributed by atoms with Gasteiger partial charge in [-0.3, -0.25) is 0 Å². The van der Waals surface area contributed by atoms with Crippen molar-refractivity contribution in [1.29, 1.82) is 0 Å². The smallest absolute Gasteiger partial charge is 0.407 e. The van der Waals surface area contributed by atoms with Gasteiger partial charge in [-0.15, -0.1) is 0 Å². The summed E-state index contributed by atoms with van der Waals surface area (Å²) in [6, 6.07) is 3.76. The normalized spacial score (nSPS) is 11.7. The van der Waals surface area contributed by atoms with Crippen LogP contribution in [0, 0.1) is 0 Å². The Labute approximate surface area is 155 Å². The summed E-state index contributed by atoms with van der Waals surface area (Å²) in [4.78, 5) is 20.2. The molecule has 0 radical (unpaired) electrons. The van der Waals surface area contributed by atoms with Crippen LogP contribution in [0.15, 0.2) is 23.3 Å². The summed E-state index contributed by atoms with van der Waals surface area (Å²) < 4.78 is 10.3. The molecule has 0 saturated heterocycles. The highest BCUT2D eigenvalue weighted by Gasteiger charge is 2.15. The molecular weight excluding hydrogens is 334 g/mol. The molecule has 1 aromatic rings. The summed E-state index contributed by atoms with van der Waals surface area (Å²) in [5.74, 6) is 1.30. The number of alkyl carbamates (subject to hydrolysis) is 1. The Balaban J connectivity index is 2.37. The van der Waals surface area contributed by atoms with Gasteiger partial charge in [0.2, 0.25) is 5.88 Å². The summed E-state index contributed by atoms with van der Waals surface area (Å²) in [7, 11) is 1.59. The van der Waals surface area contributed by atoms with E-state index in [1.54, 1.807) is 13.3 Å². The zero-order valence-electron chi connectivity index (χ0n) is 16.4. The van der Waals surface area contributed by atoms with E-state index in [1.165, 1.54) is 0 Å². The van der Waals surface area contributed by atoms with Crippen LogP contribution in [0.1, 0.15) is 39.7 Å². The van der Waals surface area contributed by atoms with Crippen molar-refractivity contribution in [3.8, 4) is 5.88 Å². The molecule has 1 heterocycles. The molecule has 0 atom stereocenters. The van der Waals surface area contributed by atoms with Crippen LogP contribution in [-0.2, 0) is 11.3 Å². The van der Waals surface area contributed by atoms with Gasteiger partial charge in [0, 0.05) is 31.9 Å². The fourth-order valence-electron chi connectivity index (χ4n) is 1.97. The van der Waals surface area contributed by atoms with Gasteiger partial charge in [-0.05, 0) is 45.7 Å². The lowest BCUT2D eigenvalue weighted by atomic mass is 10.2. The molecule has 8 heteroatoms. The second-order valence-electron chi connectivity index (χ2n) is 6.61. The van der Waals surface area contributed by atoms with Crippen LogP contribution < -0.4 is 20.7 Å². The van der Waals surface area contributed by atoms with Crippen molar-refractivity contribution in [3.63, 3.8) is 0 Å². The molecule has 1 amide bonds. The summed E-state index contributed by atoms with van der Waals surface area (Å²) in [6.45, 7) is 10.0.